The van der Waals surface area contributed by atoms with E-state index >= 15 is 0 Å². The quantitative estimate of drug-likeness (QED) is 0.637. The van der Waals surface area contributed by atoms with Crippen molar-refractivity contribution >= 4 is 10.9 Å². The van der Waals surface area contributed by atoms with E-state index in [2.05, 4.69) is 15.2 Å². The lowest BCUT2D eigenvalue weighted by atomic mass is 10.1. The fourth-order valence-corrected chi connectivity index (χ4v) is 2.00. The number of aromatic nitrogens is 3. The molecule has 3 rings (SSSR count). The van der Waals surface area contributed by atoms with Crippen LogP contribution >= 0.6 is 0 Å². The van der Waals surface area contributed by atoms with E-state index in [1.54, 1.807) is 18.3 Å². The van der Waals surface area contributed by atoms with Gasteiger partial charge in [-0.25, -0.2) is 0 Å². The molecule has 4 N–H and O–H groups in total. The molecule has 2 heterocycles. The number of aromatic amines is 1. The number of phenols is 1. The number of fused-ring (bicyclic) bond motifs is 1. The molecular weight excluding hydrogens is 228 g/mol. The molecule has 0 amide bonds. The monoisotopic (exact) mass is 240 g/mol. The molecule has 18 heavy (non-hydrogen) atoms. The first kappa shape index (κ1) is 10.7. The van der Waals surface area contributed by atoms with E-state index in [1.165, 1.54) is 0 Å². The van der Waals surface area contributed by atoms with E-state index in [9.17, 15) is 5.11 Å². The van der Waals surface area contributed by atoms with Gasteiger partial charge in [0.1, 0.15) is 5.75 Å². The molecule has 0 unspecified atom stereocenters. The Morgan fingerprint density at radius 2 is 2.22 bits per heavy atom. The first-order chi connectivity index (χ1) is 8.79. The highest BCUT2D eigenvalue weighted by atomic mass is 16.3. The maximum atomic E-state index is 9.74. The number of aromatic hydroxyl groups is 1. The molecule has 0 atom stereocenters. The maximum Gasteiger partial charge on any atom is 0.139 e. The zero-order valence-corrected chi connectivity index (χ0v) is 9.59. The molecule has 3 aromatic rings. The summed E-state index contributed by atoms with van der Waals surface area (Å²) in [6, 6.07) is 7.27. The van der Waals surface area contributed by atoms with Gasteiger partial charge in [0.2, 0.25) is 0 Å². The van der Waals surface area contributed by atoms with E-state index in [1.807, 2.05) is 18.3 Å². The fraction of sp³-hybridized carbons (Fsp3) is 0.0769. The third-order valence-electron chi connectivity index (χ3n) is 2.92. The van der Waals surface area contributed by atoms with Gasteiger partial charge in [-0.3, -0.25) is 0 Å². The summed E-state index contributed by atoms with van der Waals surface area (Å²) in [5, 5.41) is 18.7. The first-order valence-electron chi connectivity index (χ1n) is 5.60. The number of hydrogen-bond acceptors (Lipinski definition) is 4. The van der Waals surface area contributed by atoms with Crippen LogP contribution in [0.1, 0.15) is 5.56 Å². The van der Waals surface area contributed by atoms with Crippen LogP contribution < -0.4 is 5.73 Å². The Morgan fingerprint density at radius 3 is 3.06 bits per heavy atom. The summed E-state index contributed by atoms with van der Waals surface area (Å²) in [6.45, 7) is 0.427. The number of nitrogens with one attached hydrogen (secondary N) is 1. The number of phenolic OH excluding ortho intramolecular Hbond substituents is 1. The minimum atomic E-state index is 0.224. The Hall–Kier alpha value is -2.40. The molecule has 0 aliphatic rings. The lowest BCUT2D eigenvalue weighted by molar-refractivity contribution is 0.480. The second-order valence-corrected chi connectivity index (χ2v) is 4.06. The van der Waals surface area contributed by atoms with Crippen LogP contribution in [0.5, 0.6) is 5.75 Å². The number of benzene rings is 1. The largest absolute Gasteiger partial charge is 0.506 e. The zero-order valence-electron chi connectivity index (χ0n) is 9.59. The van der Waals surface area contributed by atoms with Gasteiger partial charge < -0.3 is 15.8 Å². The predicted molar refractivity (Wildman–Crippen MR) is 68.9 cm³/mol. The van der Waals surface area contributed by atoms with Crippen molar-refractivity contribution in [2.24, 2.45) is 5.73 Å². The van der Waals surface area contributed by atoms with Gasteiger partial charge in [0.05, 0.1) is 17.4 Å². The number of hydrogen-bond donors (Lipinski definition) is 3. The Morgan fingerprint density at radius 1 is 1.33 bits per heavy atom. The summed E-state index contributed by atoms with van der Waals surface area (Å²) in [4.78, 5) is 3.04. The van der Waals surface area contributed by atoms with E-state index in [0.717, 1.165) is 22.2 Å². The SMILES string of the molecule is NCc1cnnc(-c2c[nH]c3c(O)cccc23)c1. The van der Waals surface area contributed by atoms with Crippen LogP contribution in [0.25, 0.3) is 22.2 Å². The minimum Gasteiger partial charge on any atom is -0.506 e. The first-order valence-corrected chi connectivity index (χ1v) is 5.60. The fourth-order valence-electron chi connectivity index (χ4n) is 2.00. The number of nitrogens with zero attached hydrogens (tertiary/aromatic N) is 2. The number of H-pyrrole nitrogens is 1. The summed E-state index contributed by atoms with van der Waals surface area (Å²) >= 11 is 0. The number of para-hydroxylation sites is 1. The van der Waals surface area contributed by atoms with Gasteiger partial charge >= 0.3 is 0 Å². The van der Waals surface area contributed by atoms with Crippen molar-refractivity contribution in [3.05, 3.63) is 42.2 Å². The molecule has 1 aromatic carbocycles. The summed E-state index contributed by atoms with van der Waals surface area (Å²) in [5.41, 5.74) is 8.87. The molecule has 0 spiro atoms. The molecule has 5 heteroatoms. The van der Waals surface area contributed by atoms with Gasteiger partial charge in [-0.15, -0.1) is 0 Å². The Bertz CT molecular complexity index is 705. The highest BCUT2D eigenvalue weighted by Crippen LogP contribution is 2.31. The van der Waals surface area contributed by atoms with Gasteiger partial charge in [0, 0.05) is 23.7 Å². The third-order valence-corrected chi connectivity index (χ3v) is 2.92. The normalized spacial score (nSPS) is 10.9. The lowest BCUT2D eigenvalue weighted by Gasteiger charge is -2.00. The van der Waals surface area contributed by atoms with Gasteiger partial charge in [0.15, 0.2) is 0 Å². The Kier molecular flexibility index (Phi) is 2.46. The van der Waals surface area contributed by atoms with Crippen LogP contribution in [0.4, 0.5) is 0 Å². The minimum absolute atomic E-state index is 0.224. The summed E-state index contributed by atoms with van der Waals surface area (Å²) in [6.07, 6.45) is 3.46. The summed E-state index contributed by atoms with van der Waals surface area (Å²) in [7, 11) is 0. The molecule has 0 fully saturated rings. The van der Waals surface area contributed by atoms with Crippen molar-refractivity contribution in [3.63, 3.8) is 0 Å². The Balaban J connectivity index is 2.22. The Labute approximate surface area is 103 Å². The number of rotatable bonds is 2. The smallest absolute Gasteiger partial charge is 0.139 e. The van der Waals surface area contributed by atoms with Crippen LogP contribution in [0.3, 0.4) is 0 Å². The molecule has 0 saturated heterocycles. The van der Waals surface area contributed by atoms with Crippen molar-refractivity contribution in [3.8, 4) is 17.0 Å². The molecule has 0 aliphatic carbocycles. The third kappa shape index (κ3) is 1.61. The van der Waals surface area contributed by atoms with Crippen molar-refractivity contribution in [2.75, 3.05) is 0 Å². The second kappa shape index (κ2) is 4.12. The lowest BCUT2D eigenvalue weighted by Crippen LogP contribution is -1.98. The van der Waals surface area contributed by atoms with Gasteiger partial charge in [-0.05, 0) is 17.7 Å². The molecule has 2 aromatic heterocycles. The molecule has 0 radical (unpaired) electrons. The van der Waals surface area contributed by atoms with Crippen LogP contribution in [-0.4, -0.2) is 20.3 Å². The molecule has 90 valence electrons. The average molecular weight is 240 g/mol. The molecule has 0 bridgehead atoms. The molecule has 5 nitrogen and oxygen atoms in total. The van der Waals surface area contributed by atoms with Crippen molar-refractivity contribution in [1.82, 2.24) is 15.2 Å². The summed E-state index contributed by atoms with van der Waals surface area (Å²) in [5.74, 6) is 0.224. The average Bonchev–Trinajstić information content (AvgIpc) is 2.84. The van der Waals surface area contributed by atoms with Gasteiger partial charge in [-0.2, -0.15) is 10.2 Å². The molecule has 0 saturated carbocycles. The van der Waals surface area contributed by atoms with E-state index in [0.29, 0.717) is 12.1 Å². The van der Waals surface area contributed by atoms with E-state index in [4.69, 9.17) is 5.73 Å². The van der Waals surface area contributed by atoms with E-state index in [-0.39, 0.29) is 5.75 Å². The highest BCUT2D eigenvalue weighted by Gasteiger charge is 2.10. The van der Waals surface area contributed by atoms with Crippen molar-refractivity contribution in [2.45, 2.75) is 6.54 Å². The second-order valence-electron chi connectivity index (χ2n) is 4.06. The number of nitrogens with two attached hydrogens (primary N) is 1. The van der Waals surface area contributed by atoms with Crippen LogP contribution in [0.15, 0.2) is 36.7 Å². The van der Waals surface area contributed by atoms with Crippen molar-refractivity contribution < 1.29 is 5.11 Å². The molecule has 0 aliphatic heterocycles. The topological polar surface area (TPSA) is 87.8 Å². The van der Waals surface area contributed by atoms with Gasteiger partial charge in [-0.1, -0.05) is 12.1 Å². The zero-order chi connectivity index (χ0) is 12.5. The van der Waals surface area contributed by atoms with Crippen LogP contribution in [-0.2, 0) is 6.54 Å². The summed E-state index contributed by atoms with van der Waals surface area (Å²) < 4.78 is 0. The van der Waals surface area contributed by atoms with Crippen molar-refractivity contribution in [1.29, 1.82) is 0 Å². The highest BCUT2D eigenvalue weighted by molar-refractivity contribution is 5.97. The van der Waals surface area contributed by atoms with Crippen LogP contribution in [0.2, 0.25) is 0 Å². The van der Waals surface area contributed by atoms with E-state index < -0.39 is 0 Å². The maximum absolute atomic E-state index is 9.74. The molecular formula is C13H12N4O. The standard InChI is InChI=1S/C13H12N4O/c14-5-8-4-11(17-16-6-8)10-7-15-13-9(10)2-1-3-12(13)18/h1-4,6-7,15,18H,5,14H2. The predicted octanol–water partition coefficient (Wildman–Crippen LogP) is 1.79. The van der Waals surface area contributed by atoms with Crippen LogP contribution in [0, 0.1) is 0 Å². The van der Waals surface area contributed by atoms with Gasteiger partial charge in [0.25, 0.3) is 0 Å².